The fourth-order valence-electron chi connectivity index (χ4n) is 2.04. The normalized spacial score (nSPS) is 28.8. The van der Waals surface area contributed by atoms with Crippen LogP contribution in [0.3, 0.4) is 0 Å². The van der Waals surface area contributed by atoms with Gasteiger partial charge in [-0.05, 0) is 26.7 Å². The third kappa shape index (κ3) is 2.72. The van der Waals surface area contributed by atoms with Crippen LogP contribution in [0.25, 0.3) is 0 Å². The molecular weight excluding hydrogens is 208 g/mol. The van der Waals surface area contributed by atoms with Crippen molar-refractivity contribution in [2.24, 2.45) is 11.1 Å². The number of rotatable bonds is 4. The Morgan fingerprint density at radius 3 is 2.75 bits per heavy atom. The zero-order valence-corrected chi connectivity index (χ0v) is 9.91. The molecule has 2 atom stereocenters. The number of carbonyl (C=O) groups is 2. The van der Waals surface area contributed by atoms with Gasteiger partial charge in [-0.3, -0.25) is 9.59 Å². The average molecular weight is 228 g/mol. The highest BCUT2D eigenvalue weighted by molar-refractivity contribution is 5.86. The van der Waals surface area contributed by atoms with Crippen LogP contribution in [0.15, 0.2) is 0 Å². The van der Waals surface area contributed by atoms with Gasteiger partial charge < -0.3 is 15.8 Å². The molecule has 5 nitrogen and oxygen atoms in total. The summed E-state index contributed by atoms with van der Waals surface area (Å²) in [5, 5.41) is 2.59. The quantitative estimate of drug-likeness (QED) is 0.673. The molecule has 3 N–H and O–H groups in total. The molecule has 0 bridgehead atoms. The van der Waals surface area contributed by atoms with Gasteiger partial charge in [-0.15, -0.1) is 0 Å². The van der Waals surface area contributed by atoms with Gasteiger partial charge in [-0.2, -0.15) is 0 Å². The Morgan fingerprint density at radius 2 is 2.25 bits per heavy atom. The second-order valence-corrected chi connectivity index (χ2v) is 4.40. The number of nitrogens with two attached hydrogens (primary N) is 1. The zero-order valence-electron chi connectivity index (χ0n) is 9.91. The summed E-state index contributed by atoms with van der Waals surface area (Å²) in [5.74, 6) is -0.559. The van der Waals surface area contributed by atoms with E-state index < -0.39 is 11.4 Å². The van der Waals surface area contributed by atoms with Gasteiger partial charge in [0, 0.05) is 6.04 Å². The summed E-state index contributed by atoms with van der Waals surface area (Å²) >= 11 is 0. The Morgan fingerprint density at radius 1 is 1.56 bits per heavy atom. The van der Waals surface area contributed by atoms with E-state index in [1.165, 1.54) is 0 Å². The van der Waals surface area contributed by atoms with Crippen molar-refractivity contribution in [3.05, 3.63) is 0 Å². The first-order valence-corrected chi connectivity index (χ1v) is 5.70. The van der Waals surface area contributed by atoms with Gasteiger partial charge in [-0.1, -0.05) is 6.42 Å². The molecule has 0 aromatic rings. The minimum atomic E-state index is -0.535. The lowest BCUT2D eigenvalue weighted by molar-refractivity contribution is -0.144. The topological polar surface area (TPSA) is 81.4 Å². The lowest BCUT2D eigenvalue weighted by atomic mass is 9.84. The van der Waals surface area contributed by atoms with Gasteiger partial charge >= 0.3 is 5.97 Å². The standard InChI is InChI=1S/C11H20N2O3/c1-3-16-9(14)7-13-10(15)11(2)6-4-5-8(11)12/h8H,3-7,12H2,1-2H3,(H,13,15). The van der Waals surface area contributed by atoms with E-state index >= 15 is 0 Å². The van der Waals surface area contributed by atoms with Crippen molar-refractivity contribution in [3.8, 4) is 0 Å². The summed E-state index contributed by atoms with van der Waals surface area (Å²) in [4.78, 5) is 23.0. The van der Waals surface area contributed by atoms with E-state index in [1.807, 2.05) is 6.92 Å². The van der Waals surface area contributed by atoms with Gasteiger partial charge in [0.2, 0.25) is 5.91 Å². The van der Waals surface area contributed by atoms with Gasteiger partial charge in [0.15, 0.2) is 0 Å². The average Bonchev–Trinajstić information content (AvgIpc) is 2.57. The van der Waals surface area contributed by atoms with Gasteiger partial charge in [0.1, 0.15) is 6.54 Å². The van der Waals surface area contributed by atoms with E-state index in [4.69, 9.17) is 10.5 Å². The summed E-state index contributed by atoms with van der Waals surface area (Å²) in [6, 6.07) is -0.116. The maximum absolute atomic E-state index is 11.9. The third-order valence-electron chi connectivity index (χ3n) is 3.25. The van der Waals surface area contributed by atoms with Crippen molar-refractivity contribution in [3.63, 3.8) is 0 Å². The number of ether oxygens (including phenoxy) is 1. The summed E-state index contributed by atoms with van der Waals surface area (Å²) < 4.78 is 4.73. The van der Waals surface area contributed by atoms with E-state index in [1.54, 1.807) is 6.92 Å². The predicted octanol–water partition coefficient (Wildman–Crippen LogP) is 0.183. The Labute approximate surface area is 95.7 Å². The highest BCUT2D eigenvalue weighted by Gasteiger charge is 2.42. The van der Waals surface area contributed by atoms with Crippen molar-refractivity contribution >= 4 is 11.9 Å². The number of esters is 1. The van der Waals surface area contributed by atoms with E-state index in [9.17, 15) is 9.59 Å². The molecule has 1 aliphatic carbocycles. The van der Waals surface area contributed by atoms with Crippen LogP contribution in [0.1, 0.15) is 33.1 Å². The van der Waals surface area contributed by atoms with Gasteiger partial charge in [-0.25, -0.2) is 0 Å². The lowest BCUT2D eigenvalue weighted by Gasteiger charge is -2.27. The first kappa shape index (κ1) is 13.0. The van der Waals surface area contributed by atoms with E-state index in [-0.39, 0.29) is 18.5 Å². The lowest BCUT2D eigenvalue weighted by Crippen LogP contribution is -2.48. The maximum Gasteiger partial charge on any atom is 0.325 e. The fraction of sp³-hybridized carbons (Fsp3) is 0.818. The van der Waals surface area contributed by atoms with Crippen LogP contribution in [-0.2, 0) is 14.3 Å². The van der Waals surface area contributed by atoms with Crippen molar-refractivity contribution in [1.29, 1.82) is 0 Å². The molecule has 0 saturated heterocycles. The second kappa shape index (κ2) is 5.30. The molecule has 1 rings (SSSR count). The molecule has 1 saturated carbocycles. The van der Waals surface area contributed by atoms with Crippen LogP contribution in [0.2, 0.25) is 0 Å². The minimum Gasteiger partial charge on any atom is -0.465 e. The number of amides is 1. The number of hydrogen-bond acceptors (Lipinski definition) is 4. The van der Waals surface area contributed by atoms with Crippen LogP contribution >= 0.6 is 0 Å². The maximum atomic E-state index is 11.9. The molecule has 0 aromatic carbocycles. The summed E-state index contributed by atoms with van der Waals surface area (Å²) in [5.41, 5.74) is 5.37. The van der Waals surface area contributed by atoms with Crippen molar-refractivity contribution in [2.45, 2.75) is 39.2 Å². The summed E-state index contributed by atoms with van der Waals surface area (Å²) in [7, 11) is 0. The molecule has 0 spiro atoms. The molecule has 1 amide bonds. The molecule has 0 heterocycles. The van der Waals surface area contributed by atoms with Crippen LogP contribution in [0.4, 0.5) is 0 Å². The highest BCUT2D eigenvalue weighted by Crippen LogP contribution is 2.36. The van der Waals surface area contributed by atoms with Crippen molar-refractivity contribution in [1.82, 2.24) is 5.32 Å². The van der Waals surface area contributed by atoms with E-state index in [0.717, 1.165) is 19.3 Å². The SMILES string of the molecule is CCOC(=O)CNC(=O)C1(C)CCCC1N. The van der Waals surface area contributed by atoms with Crippen LogP contribution in [0.5, 0.6) is 0 Å². The van der Waals surface area contributed by atoms with E-state index in [2.05, 4.69) is 5.32 Å². The zero-order chi connectivity index (χ0) is 12.2. The van der Waals surface area contributed by atoms with Crippen molar-refractivity contribution < 1.29 is 14.3 Å². The van der Waals surface area contributed by atoms with Gasteiger partial charge in [0.05, 0.1) is 12.0 Å². The highest BCUT2D eigenvalue weighted by atomic mass is 16.5. The molecule has 0 aliphatic heterocycles. The van der Waals surface area contributed by atoms with Crippen LogP contribution in [0, 0.1) is 5.41 Å². The number of hydrogen-bond donors (Lipinski definition) is 2. The molecule has 0 radical (unpaired) electrons. The second-order valence-electron chi connectivity index (χ2n) is 4.40. The van der Waals surface area contributed by atoms with Crippen molar-refractivity contribution in [2.75, 3.05) is 13.2 Å². The van der Waals surface area contributed by atoms with Crippen LogP contribution in [-0.4, -0.2) is 31.1 Å². The first-order valence-electron chi connectivity index (χ1n) is 5.70. The van der Waals surface area contributed by atoms with E-state index in [0.29, 0.717) is 6.61 Å². The van der Waals surface area contributed by atoms with Crippen LogP contribution < -0.4 is 11.1 Å². The fourth-order valence-corrected chi connectivity index (χ4v) is 2.04. The number of carbonyl (C=O) groups excluding carboxylic acids is 2. The Kier molecular flexibility index (Phi) is 4.29. The third-order valence-corrected chi connectivity index (χ3v) is 3.25. The molecule has 0 aromatic heterocycles. The smallest absolute Gasteiger partial charge is 0.325 e. The molecule has 16 heavy (non-hydrogen) atoms. The molecule has 5 heteroatoms. The summed E-state index contributed by atoms with van der Waals surface area (Å²) in [6.07, 6.45) is 2.61. The molecule has 2 unspecified atom stereocenters. The summed E-state index contributed by atoms with van der Waals surface area (Å²) in [6.45, 7) is 3.83. The Balaban J connectivity index is 2.43. The molecule has 92 valence electrons. The molecule has 1 fully saturated rings. The Hall–Kier alpha value is -1.10. The predicted molar refractivity (Wildman–Crippen MR) is 59.6 cm³/mol. The molecule has 1 aliphatic rings. The minimum absolute atomic E-state index is 0.0744. The molecular formula is C11H20N2O3. The Bertz CT molecular complexity index is 280. The largest absolute Gasteiger partial charge is 0.465 e. The van der Waals surface area contributed by atoms with Gasteiger partial charge in [0.25, 0.3) is 0 Å². The monoisotopic (exact) mass is 228 g/mol. The number of nitrogens with one attached hydrogen (secondary N) is 1. The first-order chi connectivity index (χ1) is 7.50.